The van der Waals surface area contributed by atoms with Crippen LogP contribution in [0.25, 0.3) is 10.9 Å². The zero-order valence-corrected chi connectivity index (χ0v) is 13.5. The summed E-state index contributed by atoms with van der Waals surface area (Å²) in [6.07, 6.45) is 5.55. The summed E-state index contributed by atoms with van der Waals surface area (Å²) < 4.78 is 13.6. The lowest BCUT2D eigenvalue weighted by molar-refractivity contribution is -0.118. The Morgan fingerprint density at radius 3 is 2.65 bits per heavy atom. The summed E-state index contributed by atoms with van der Waals surface area (Å²) >= 11 is 5.81. The lowest BCUT2D eigenvalue weighted by Crippen LogP contribution is -2.38. The molecule has 0 radical (unpaired) electrons. The minimum atomic E-state index is -0.250. The number of pyridine rings is 1. The van der Waals surface area contributed by atoms with Gasteiger partial charge in [-0.3, -0.25) is 9.78 Å². The number of anilines is 1. The molecule has 120 valence electrons. The van der Waals surface area contributed by atoms with Crippen molar-refractivity contribution in [2.75, 3.05) is 18.0 Å². The zero-order valence-electron chi connectivity index (χ0n) is 12.8. The van der Waals surface area contributed by atoms with Crippen molar-refractivity contribution in [1.29, 1.82) is 0 Å². The number of hydrogen-bond donors (Lipinski definition) is 0. The van der Waals surface area contributed by atoms with Crippen molar-refractivity contribution in [2.45, 2.75) is 25.7 Å². The van der Waals surface area contributed by atoms with Crippen molar-refractivity contribution in [3.05, 3.63) is 36.3 Å². The number of carbonyl (C=O) groups is 1. The predicted molar refractivity (Wildman–Crippen MR) is 89.2 cm³/mol. The van der Waals surface area contributed by atoms with E-state index in [9.17, 15) is 9.18 Å². The SMILES string of the molecule is O=C(Cl)C1(C2CCN(c3ccnc4ccc(F)cc34)CC2)CC1. The Balaban J connectivity index is 1.57. The van der Waals surface area contributed by atoms with E-state index < -0.39 is 0 Å². The van der Waals surface area contributed by atoms with Crippen molar-refractivity contribution >= 4 is 33.4 Å². The van der Waals surface area contributed by atoms with Gasteiger partial charge in [0.15, 0.2) is 0 Å². The summed E-state index contributed by atoms with van der Waals surface area (Å²) in [6, 6.07) is 6.65. The summed E-state index contributed by atoms with van der Waals surface area (Å²) in [5.74, 6) is 0.139. The highest BCUT2D eigenvalue weighted by atomic mass is 35.5. The molecule has 1 saturated heterocycles. The normalized spacial score (nSPS) is 20.7. The van der Waals surface area contributed by atoms with Gasteiger partial charge >= 0.3 is 0 Å². The van der Waals surface area contributed by atoms with E-state index in [1.54, 1.807) is 18.3 Å². The number of halogens is 2. The average molecular weight is 333 g/mol. The van der Waals surface area contributed by atoms with Crippen LogP contribution in [0.4, 0.5) is 10.1 Å². The van der Waals surface area contributed by atoms with Gasteiger partial charge in [0.2, 0.25) is 5.24 Å². The average Bonchev–Trinajstić information content (AvgIpc) is 3.36. The van der Waals surface area contributed by atoms with Crippen molar-refractivity contribution < 1.29 is 9.18 Å². The molecule has 2 aromatic rings. The first-order valence-electron chi connectivity index (χ1n) is 8.09. The Morgan fingerprint density at radius 2 is 2.00 bits per heavy atom. The minimum Gasteiger partial charge on any atom is -0.371 e. The maximum atomic E-state index is 13.6. The third-order valence-corrected chi connectivity index (χ3v) is 5.85. The highest BCUT2D eigenvalue weighted by Crippen LogP contribution is 2.56. The summed E-state index contributed by atoms with van der Waals surface area (Å²) in [6.45, 7) is 1.73. The summed E-state index contributed by atoms with van der Waals surface area (Å²) in [4.78, 5) is 18.3. The lowest BCUT2D eigenvalue weighted by Gasteiger charge is -2.36. The molecule has 2 aliphatic rings. The van der Waals surface area contributed by atoms with Crippen LogP contribution in [0.15, 0.2) is 30.5 Å². The molecule has 1 aromatic heterocycles. The number of hydrogen-bond acceptors (Lipinski definition) is 3. The van der Waals surface area contributed by atoms with Crippen molar-refractivity contribution in [1.82, 2.24) is 4.98 Å². The molecule has 4 rings (SSSR count). The van der Waals surface area contributed by atoms with Gasteiger partial charge in [-0.15, -0.1) is 0 Å². The van der Waals surface area contributed by atoms with Crippen LogP contribution in [0.1, 0.15) is 25.7 Å². The van der Waals surface area contributed by atoms with E-state index in [2.05, 4.69) is 9.88 Å². The number of benzene rings is 1. The molecule has 23 heavy (non-hydrogen) atoms. The van der Waals surface area contributed by atoms with Gasteiger partial charge in [-0.2, -0.15) is 0 Å². The van der Waals surface area contributed by atoms with Crippen LogP contribution >= 0.6 is 11.6 Å². The summed E-state index contributed by atoms with van der Waals surface area (Å²) in [5.41, 5.74) is 1.58. The maximum absolute atomic E-state index is 13.6. The molecule has 5 heteroatoms. The highest BCUT2D eigenvalue weighted by Gasteiger charge is 2.54. The number of piperidine rings is 1. The molecule has 0 N–H and O–H groups in total. The molecule has 0 bridgehead atoms. The first-order chi connectivity index (χ1) is 11.1. The summed E-state index contributed by atoms with van der Waals surface area (Å²) in [7, 11) is 0. The van der Waals surface area contributed by atoms with Crippen LogP contribution in [-0.4, -0.2) is 23.3 Å². The Labute approximate surface area is 139 Å². The Morgan fingerprint density at radius 1 is 1.26 bits per heavy atom. The molecule has 1 saturated carbocycles. The molecule has 0 atom stereocenters. The van der Waals surface area contributed by atoms with E-state index in [4.69, 9.17) is 11.6 Å². The topological polar surface area (TPSA) is 33.2 Å². The second-order valence-corrected chi connectivity index (χ2v) is 7.03. The predicted octanol–water partition coefficient (Wildman–Crippen LogP) is 4.14. The van der Waals surface area contributed by atoms with Crippen LogP contribution in [-0.2, 0) is 4.79 Å². The van der Waals surface area contributed by atoms with E-state index in [1.165, 1.54) is 6.07 Å². The second kappa shape index (κ2) is 5.45. The fourth-order valence-corrected chi connectivity index (χ4v) is 4.30. The molecular formula is C18H18ClFN2O. The van der Waals surface area contributed by atoms with Gasteiger partial charge < -0.3 is 4.90 Å². The van der Waals surface area contributed by atoms with E-state index in [0.29, 0.717) is 5.92 Å². The van der Waals surface area contributed by atoms with Gasteiger partial charge in [-0.25, -0.2) is 4.39 Å². The number of carbonyl (C=O) groups excluding carboxylic acids is 1. The van der Waals surface area contributed by atoms with Crippen LogP contribution in [0.5, 0.6) is 0 Å². The first kappa shape index (κ1) is 14.9. The summed E-state index contributed by atoms with van der Waals surface area (Å²) in [5, 5.41) is 0.688. The van der Waals surface area contributed by atoms with Gasteiger partial charge in [0.05, 0.1) is 5.52 Å². The van der Waals surface area contributed by atoms with E-state index >= 15 is 0 Å². The third kappa shape index (κ3) is 2.49. The largest absolute Gasteiger partial charge is 0.371 e. The second-order valence-electron chi connectivity index (χ2n) is 6.68. The van der Waals surface area contributed by atoms with Gasteiger partial charge in [0.1, 0.15) is 5.82 Å². The Hall–Kier alpha value is -1.68. The molecule has 0 amide bonds. The number of fused-ring (bicyclic) bond motifs is 1. The lowest BCUT2D eigenvalue weighted by atomic mass is 9.82. The van der Waals surface area contributed by atoms with E-state index in [0.717, 1.165) is 55.4 Å². The van der Waals surface area contributed by atoms with Crippen LogP contribution in [0.3, 0.4) is 0 Å². The zero-order chi connectivity index (χ0) is 16.0. The molecule has 1 aromatic carbocycles. The molecule has 3 nitrogen and oxygen atoms in total. The Kier molecular flexibility index (Phi) is 3.52. The van der Waals surface area contributed by atoms with E-state index in [-0.39, 0.29) is 16.5 Å². The van der Waals surface area contributed by atoms with Crippen LogP contribution < -0.4 is 4.90 Å². The third-order valence-electron chi connectivity index (χ3n) is 5.48. The quantitative estimate of drug-likeness (QED) is 0.792. The van der Waals surface area contributed by atoms with Crippen LogP contribution in [0, 0.1) is 17.2 Å². The fourth-order valence-electron chi connectivity index (χ4n) is 3.95. The Bertz CT molecular complexity index is 767. The van der Waals surface area contributed by atoms with Gasteiger partial charge in [0.25, 0.3) is 0 Å². The molecule has 2 fully saturated rings. The molecule has 0 unspecified atom stereocenters. The monoisotopic (exact) mass is 332 g/mol. The van der Waals surface area contributed by atoms with Crippen molar-refractivity contribution in [3.8, 4) is 0 Å². The van der Waals surface area contributed by atoms with Gasteiger partial charge in [0, 0.05) is 35.8 Å². The number of nitrogens with zero attached hydrogens (tertiary/aromatic N) is 2. The number of aromatic nitrogens is 1. The minimum absolute atomic E-state index is 0.160. The molecule has 1 aliphatic carbocycles. The molecule has 2 heterocycles. The molecule has 1 aliphatic heterocycles. The molecular weight excluding hydrogens is 315 g/mol. The van der Waals surface area contributed by atoms with Crippen LogP contribution in [0.2, 0.25) is 0 Å². The highest BCUT2D eigenvalue weighted by molar-refractivity contribution is 6.65. The number of rotatable bonds is 3. The first-order valence-corrected chi connectivity index (χ1v) is 8.47. The van der Waals surface area contributed by atoms with Gasteiger partial charge in [-0.05, 0) is 67.5 Å². The van der Waals surface area contributed by atoms with Crippen molar-refractivity contribution in [2.24, 2.45) is 11.3 Å². The molecule has 0 spiro atoms. The fraction of sp³-hybridized carbons (Fsp3) is 0.444. The van der Waals surface area contributed by atoms with Gasteiger partial charge in [-0.1, -0.05) is 0 Å². The maximum Gasteiger partial charge on any atom is 0.228 e. The van der Waals surface area contributed by atoms with E-state index in [1.807, 2.05) is 6.07 Å². The van der Waals surface area contributed by atoms with Crippen molar-refractivity contribution in [3.63, 3.8) is 0 Å². The standard InChI is InChI=1S/C18H18ClFN2O/c19-17(23)18(6-7-18)12-4-9-22(10-5-12)16-3-8-21-15-2-1-13(20)11-14(15)16/h1-3,8,11-12H,4-7,9-10H2. The smallest absolute Gasteiger partial charge is 0.228 e.